The molecule has 4 rings (SSSR count). The maximum absolute atomic E-state index is 13.7. The average molecular weight is 584 g/mol. The van der Waals surface area contributed by atoms with Crippen molar-refractivity contribution in [2.45, 2.75) is 17.5 Å². The van der Waals surface area contributed by atoms with Crippen LogP contribution in [0.3, 0.4) is 0 Å². The van der Waals surface area contributed by atoms with Crippen molar-refractivity contribution in [2.24, 2.45) is 0 Å². The fourth-order valence-electron chi connectivity index (χ4n) is 3.78. The van der Waals surface area contributed by atoms with Crippen molar-refractivity contribution in [1.82, 2.24) is 4.31 Å². The van der Waals surface area contributed by atoms with E-state index in [1.165, 1.54) is 42.3 Å². The molecule has 0 N–H and O–H groups in total. The molecule has 1 unspecified atom stereocenters. The van der Waals surface area contributed by atoms with E-state index in [4.69, 9.17) is 44.3 Å². The van der Waals surface area contributed by atoms with Crippen molar-refractivity contribution >= 4 is 62.4 Å². The molecule has 0 saturated heterocycles. The number of ether oxygens (including phenoxy) is 2. The zero-order valence-corrected chi connectivity index (χ0v) is 22.5. The van der Waals surface area contributed by atoms with E-state index in [-0.39, 0.29) is 23.0 Å². The lowest BCUT2D eigenvalue weighted by molar-refractivity contribution is -0.148. The molecule has 0 bridgehead atoms. The van der Waals surface area contributed by atoms with Crippen LogP contribution in [0.4, 0.5) is 5.69 Å². The Morgan fingerprint density at radius 3 is 2.38 bits per heavy atom. The quantitative estimate of drug-likeness (QED) is 0.371. The molecule has 8 nitrogen and oxygen atoms in total. The van der Waals surface area contributed by atoms with Gasteiger partial charge in [-0.15, -0.1) is 0 Å². The number of hydrogen-bond acceptors (Lipinski definition) is 6. The van der Waals surface area contributed by atoms with Gasteiger partial charge in [0, 0.05) is 21.6 Å². The van der Waals surface area contributed by atoms with E-state index >= 15 is 0 Å². The Kier molecular flexibility index (Phi) is 8.30. The minimum Gasteiger partial charge on any atom is -0.475 e. The van der Waals surface area contributed by atoms with Gasteiger partial charge in [0.2, 0.25) is 22.0 Å². The highest BCUT2D eigenvalue weighted by molar-refractivity contribution is 7.89. The molecule has 0 aromatic heterocycles. The van der Waals surface area contributed by atoms with E-state index in [0.717, 1.165) is 4.31 Å². The minimum absolute atomic E-state index is 0.0513. The summed E-state index contributed by atoms with van der Waals surface area (Å²) in [7, 11) is -2.96. The summed E-state index contributed by atoms with van der Waals surface area (Å²) in [5.41, 5.74) is 0.854. The summed E-state index contributed by atoms with van der Waals surface area (Å²) >= 11 is 18.3. The molecule has 0 spiro atoms. The number of esters is 1. The molecule has 1 amide bonds. The number of anilines is 1. The van der Waals surface area contributed by atoms with Crippen molar-refractivity contribution < 1.29 is 27.5 Å². The second-order valence-corrected chi connectivity index (χ2v) is 11.3. The largest absolute Gasteiger partial charge is 0.475 e. The van der Waals surface area contributed by atoms with Crippen molar-refractivity contribution in [3.8, 4) is 5.75 Å². The van der Waals surface area contributed by atoms with Gasteiger partial charge in [0.15, 0.2) is 0 Å². The first-order valence-electron chi connectivity index (χ1n) is 10.9. The van der Waals surface area contributed by atoms with Crippen molar-refractivity contribution in [3.05, 3.63) is 87.4 Å². The Balaban J connectivity index is 1.70. The van der Waals surface area contributed by atoms with Crippen molar-refractivity contribution in [2.75, 3.05) is 25.1 Å². The lowest BCUT2D eigenvalue weighted by Crippen LogP contribution is -2.50. The number of amides is 1. The van der Waals surface area contributed by atoms with Gasteiger partial charge >= 0.3 is 5.97 Å². The van der Waals surface area contributed by atoms with E-state index in [1.807, 2.05) is 0 Å². The number of fused-ring (bicyclic) bond motifs is 1. The molecular formula is C25H21Cl3N2O6S. The minimum atomic E-state index is -4.18. The molecule has 1 atom stereocenters. The number of rotatable bonds is 7. The molecule has 0 fully saturated rings. The third-order valence-corrected chi connectivity index (χ3v) is 8.31. The summed E-state index contributed by atoms with van der Waals surface area (Å²) in [6.07, 6.45) is -1.07. The van der Waals surface area contributed by atoms with Gasteiger partial charge in [-0.25, -0.2) is 13.2 Å². The zero-order chi connectivity index (χ0) is 26.7. The molecule has 0 radical (unpaired) electrons. The molecule has 194 valence electrons. The predicted octanol–water partition coefficient (Wildman–Crippen LogP) is 4.80. The van der Waals surface area contributed by atoms with Gasteiger partial charge in [0.25, 0.3) is 0 Å². The standard InChI is InChI=1S/C25H21Cl3N2O6S/c1-35-25(32)23-14-30(21-4-2-3-5-22(21)36-23)24(31)15-29(13-16-6-7-18(27)12-20(16)28)37(33,34)19-10-8-17(26)9-11-19/h2-12,23H,13-15H2,1H3. The Morgan fingerprint density at radius 1 is 1.03 bits per heavy atom. The molecule has 1 aliphatic heterocycles. The summed E-state index contributed by atoms with van der Waals surface area (Å²) < 4.78 is 38.8. The fraction of sp³-hybridized carbons (Fsp3) is 0.200. The van der Waals surface area contributed by atoms with E-state index in [2.05, 4.69) is 0 Å². The summed E-state index contributed by atoms with van der Waals surface area (Å²) in [5.74, 6) is -0.941. The third kappa shape index (κ3) is 6.02. The fourth-order valence-corrected chi connectivity index (χ4v) is 5.74. The van der Waals surface area contributed by atoms with Crippen molar-refractivity contribution in [1.29, 1.82) is 0 Å². The van der Waals surface area contributed by atoms with Crippen molar-refractivity contribution in [3.63, 3.8) is 0 Å². The Bertz CT molecular complexity index is 1430. The van der Waals surface area contributed by atoms with Crippen LogP contribution < -0.4 is 9.64 Å². The monoisotopic (exact) mass is 582 g/mol. The van der Waals surface area contributed by atoms with Crippen LogP contribution in [0.25, 0.3) is 0 Å². The number of methoxy groups -OCH3 is 1. The van der Waals surface area contributed by atoms with Crippen LogP contribution in [-0.4, -0.2) is 50.9 Å². The van der Waals surface area contributed by atoms with Crippen LogP contribution in [0.2, 0.25) is 15.1 Å². The second-order valence-electron chi connectivity index (χ2n) is 8.06. The van der Waals surface area contributed by atoms with Gasteiger partial charge in [-0.1, -0.05) is 53.0 Å². The van der Waals surface area contributed by atoms with Crippen LogP contribution in [0.15, 0.2) is 71.6 Å². The maximum atomic E-state index is 13.7. The van der Waals surface area contributed by atoms with E-state index < -0.39 is 34.5 Å². The van der Waals surface area contributed by atoms with E-state index in [9.17, 15) is 18.0 Å². The van der Waals surface area contributed by atoms with Gasteiger partial charge in [-0.3, -0.25) is 4.79 Å². The Hall–Kier alpha value is -2.82. The Morgan fingerprint density at radius 2 is 1.70 bits per heavy atom. The number of hydrogen-bond donors (Lipinski definition) is 0. The number of halogens is 3. The highest BCUT2D eigenvalue weighted by Crippen LogP contribution is 2.34. The van der Waals surface area contributed by atoms with Crippen LogP contribution >= 0.6 is 34.8 Å². The lowest BCUT2D eigenvalue weighted by atomic mass is 10.1. The highest BCUT2D eigenvalue weighted by Gasteiger charge is 2.36. The topological polar surface area (TPSA) is 93.2 Å². The van der Waals surface area contributed by atoms with Crippen LogP contribution in [0.5, 0.6) is 5.75 Å². The molecular weight excluding hydrogens is 563 g/mol. The SMILES string of the molecule is COC(=O)C1CN(C(=O)CN(Cc2ccc(Cl)cc2Cl)S(=O)(=O)c2ccc(Cl)cc2)c2ccccc2O1. The first-order valence-corrected chi connectivity index (χ1v) is 13.5. The number of para-hydroxylation sites is 2. The van der Waals surface area contributed by atoms with Gasteiger partial charge in [-0.2, -0.15) is 4.31 Å². The van der Waals surface area contributed by atoms with Crippen LogP contribution in [-0.2, 0) is 30.9 Å². The van der Waals surface area contributed by atoms with Gasteiger partial charge < -0.3 is 14.4 Å². The smallest absolute Gasteiger partial charge is 0.348 e. The molecule has 1 aliphatic rings. The zero-order valence-electron chi connectivity index (χ0n) is 19.4. The lowest BCUT2D eigenvalue weighted by Gasteiger charge is -2.34. The highest BCUT2D eigenvalue weighted by atomic mass is 35.5. The van der Waals surface area contributed by atoms with Gasteiger partial charge in [0.05, 0.1) is 30.8 Å². The molecule has 3 aromatic carbocycles. The molecule has 12 heteroatoms. The first kappa shape index (κ1) is 27.2. The molecule has 3 aromatic rings. The molecule has 0 aliphatic carbocycles. The number of nitrogens with zero attached hydrogens (tertiary/aromatic N) is 2. The maximum Gasteiger partial charge on any atom is 0.348 e. The summed E-state index contributed by atoms with van der Waals surface area (Å²) in [6.45, 7) is -0.912. The summed E-state index contributed by atoms with van der Waals surface area (Å²) in [6, 6.07) is 16.9. The average Bonchev–Trinajstić information content (AvgIpc) is 2.88. The third-order valence-electron chi connectivity index (χ3n) is 5.66. The first-order chi connectivity index (χ1) is 17.6. The Labute approximate surface area is 229 Å². The molecule has 0 saturated carbocycles. The molecule has 37 heavy (non-hydrogen) atoms. The number of sulfonamides is 1. The second kappa shape index (κ2) is 11.3. The molecule has 1 heterocycles. The number of benzene rings is 3. The van der Waals surface area contributed by atoms with E-state index in [1.54, 1.807) is 36.4 Å². The van der Waals surface area contributed by atoms with Gasteiger partial charge in [0.1, 0.15) is 5.75 Å². The summed E-state index contributed by atoms with van der Waals surface area (Å²) in [4.78, 5) is 27.1. The van der Waals surface area contributed by atoms with Gasteiger partial charge in [-0.05, 0) is 54.1 Å². The predicted molar refractivity (Wildman–Crippen MR) is 141 cm³/mol. The number of carbonyl (C=O) groups excluding carboxylic acids is 2. The number of carbonyl (C=O) groups is 2. The van der Waals surface area contributed by atoms with E-state index in [0.29, 0.717) is 27.0 Å². The summed E-state index contributed by atoms with van der Waals surface area (Å²) in [5, 5.41) is 0.996. The van der Waals surface area contributed by atoms with Crippen LogP contribution in [0, 0.1) is 0 Å². The normalized spacial score (nSPS) is 15.2. The van der Waals surface area contributed by atoms with Crippen LogP contribution in [0.1, 0.15) is 5.56 Å².